The molecule has 1 aliphatic rings. The molecule has 0 aromatic carbocycles. The molecule has 5 nitrogen and oxygen atoms in total. The molecular formula is C12H16N2O3. The van der Waals surface area contributed by atoms with E-state index in [2.05, 4.69) is 17.2 Å². The van der Waals surface area contributed by atoms with E-state index >= 15 is 0 Å². The normalized spacial score (nSPS) is 20.9. The van der Waals surface area contributed by atoms with Gasteiger partial charge in [-0.1, -0.05) is 25.2 Å². The lowest BCUT2D eigenvalue weighted by molar-refractivity contribution is -0.146. The van der Waals surface area contributed by atoms with Crippen molar-refractivity contribution in [2.75, 3.05) is 0 Å². The fourth-order valence-corrected chi connectivity index (χ4v) is 2.03. The number of hydrogen-bond donors (Lipinski definition) is 2. The van der Waals surface area contributed by atoms with Crippen LogP contribution in [-0.2, 0) is 9.59 Å². The minimum Gasteiger partial charge on any atom is -0.277 e. The summed E-state index contributed by atoms with van der Waals surface area (Å²) in [5, 5.41) is 4.27. The van der Waals surface area contributed by atoms with Crippen molar-refractivity contribution < 1.29 is 14.4 Å². The van der Waals surface area contributed by atoms with E-state index in [1.165, 1.54) is 6.08 Å². The van der Waals surface area contributed by atoms with Gasteiger partial charge in [0.25, 0.3) is 0 Å². The number of carbonyl (C=O) groups is 3. The first kappa shape index (κ1) is 13.2. The summed E-state index contributed by atoms with van der Waals surface area (Å²) in [4.78, 5) is 35.0. The van der Waals surface area contributed by atoms with Gasteiger partial charge in [-0.05, 0) is 19.3 Å². The molecule has 0 aromatic rings. The molecule has 17 heavy (non-hydrogen) atoms. The van der Waals surface area contributed by atoms with Gasteiger partial charge in [0.2, 0.25) is 11.8 Å². The maximum Gasteiger partial charge on any atom is 0.328 e. The molecule has 92 valence electrons. The standard InChI is InChI=1S/C12H16N2O3/c1-4-6-8(3)12(7-5-2)9(15)13-11(17)14-10(12)16/h4-6,8H,2,7H2,1,3H3,(H2,13,14,15,16,17)/b6-4-/t8-/m0/s1. The van der Waals surface area contributed by atoms with E-state index in [-0.39, 0.29) is 12.3 Å². The number of barbiturate groups is 1. The van der Waals surface area contributed by atoms with Crippen molar-refractivity contribution in [3.63, 3.8) is 0 Å². The summed E-state index contributed by atoms with van der Waals surface area (Å²) in [6.45, 7) is 7.13. The second kappa shape index (κ2) is 4.95. The van der Waals surface area contributed by atoms with Crippen molar-refractivity contribution in [2.45, 2.75) is 20.3 Å². The second-order valence-electron chi connectivity index (χ2n) is 4.02. The smallest absolute Gasteiger partial charge is 0.277 e. The Balaban J connectivity index is 3.21. The average molecular weight is 236 g/mol. The molecule has 1 rings (SSSR count). The van der Waals surface area contributed by atoms with Gasteiger partial charge < -0.3 is 0 Å². The molecule has 1 saturated heterocycles. The second-order valence-corrected chi connectivity index (χ2v) is 4.02. The van der Waals surface area contributed by atoms with Crippen LogP contribution in [0.2, 0.25) is 0 Å². The van der Waals surface area contributed by atoms with Crippen LogP contribution in [0, 0.1) is 11.3 Å². The molecule has 1 heterocycles. The summed E-state index contributed by atoms with van der Waals surface area (Å²) in [5.74, 6) is -1.47. The van der Waals surface area contributed by atoms with Crippen LogP contribution >= 0.6 is 0 Å². The van der Waals surface area contributed by atoms with Crippen LogP contribution in [-0.4, -0.2) is 17.8 Å². The van der Waals surface area contributed by atoms with Crippen molar-refractivity contribution >= 4 is 17.8 Å². The predicted octanol–water partition coefficient (Wildman–Crippen LogP) is 1.13. The van der Waals surface area contributed by atoms with Crippen LogP contribution in [0.3, 0.4) is 0 Å². The molecule has 1 atom stereocenters. The summed E-state index contributed by atoms with van der Waals surface area (Å²) >= 11 is 0. The summed E-state index contributed by atoms with van der Waals surface area (Å²) in [6.07, 6.45) is 5.23. The van der Waals surface area contributed by atoms with Gasteiger partial charge in [0.15, 0.2) is 0 Å². The zero-order chi connectivity index (χ0) is 13.1. The fourth-order valence-electron chi connectivity index (χ4n) is 2.03. The maximum atomic E-state index is 12.0. The number of amides is 4. The Bertz CT molecular complexity index is 379. The lowest BCUT2D eigenvalue weighted by atomic mass is 9.71. The molecule has 4 amide bonds. The van der Waals surface area contributed by atoms with Crippen LogP contribution in [0.5, 0.6) is 0 Å². The Morgan fingerprint density at radius 1 is 1.29 bits per heavy atom. The van der Waals surface area contributed by atoms with Crippen molar-refractivity contribution in [3.05, 3.63) is 24.8 Å². The first-order valence-corrected chi connectivity index (χ1v) is 5.39. The highest BCUT2D eigenvalue weighted by Gasteiger charge is 2.52. The molecule has 0 aliphatic carbocycles. The Morgan fingerprint density at radius 2 is 1.82 bits per heavy atom. The first-order valence-electron chi connectivity index (χ1n) is 5.39. The molecule has 0 bridgehead atoms. The number of nitrogens with one attached hydrogen (secondary N) is 2. The fraction of sp³-hybridized carbons (Fsp3) is 0.417. The van der Waals surface area contributed by atoms with Crippen LogP contribution in [0.25, 0.3) is 0 Å². The lowest BCUT2D eigenvalue weighted by Crippen LogP contribution is -2.64. The number of rotatable bonds is 4. The van der Waals surface area contributed by atoms with Crippen LogP contribution < -0.4 is 10.6 Å². The van der Waals surface area contributed by atoms with E-state index < -0.39 is 23.3 Å². The minimum atomic E-state index is -1.29. The molecule has 0 spiro atoms. The summed E-state index contributed by atoms with van der Waals surface area (Å²) in [7, 11) is 0. The topological polar surface area (TPSA) is 75.3 Å². The van der Waals surface area contributed by atoms with Crippen LogP contribution in [0.1, 0.15) is 20.3 Å². The quantitative estimate of drug-likeness (QED) is 0.567. The monoisotopic (exact) mass is 236 g/mol. The Morgan fingerprint density at radius 3 is 2.24 bits per heavy atom. The van der Waals surface area contributed by atoms with Crippen molar-refractivity contribution in [1.29, 1.82) is 0 Å². The lowest BCUT2D eigenvalue weighted by Gasteiger charge is -2.36. The Kier molecular flexibility index (Phi) is 3.83. The Hall–Kier alpha value is -1.91. The molecule has 0 radical (unpaired) electrons. The van der Waals surface area contributed by atoms with Gasteiger partial charge in [0, 0.05) is 0 Å². The van der Waals surface area contributed by atoms with Crippen LogP contribution in [0.4, 0.5) is 4.79 Å². The average Bonchev–Trinajstić information content (AvgIpc) is 2.23. The van der Waals surface area contributed by atoms with E-state index in [9.17, 15) is 14.4 Å². The van der Waals surface area contributed by atoms with Crippen LogP contribution in [0.15, 0.2) is 24.8 Å². The number of allylic oxidation sites excluding steroid dienone is 3. The van der Waals surface area contributed by atoms with E-state index in [0.717, 1.165) is 0 Å². The van der Waals surface area contributed by atoms with E-state index in [1.54, 1.807) is 19.1 Å². The highest BCUT2D eigenvalue weighted by Crippen LogP contribution is 2.35. The maximum absolute atomic E-state index is 12.0. The molecule has 0 unspecified atom stereocenters. The molecule has 1 aliphatic heterocycles. The molecular weight excluding hydrogens is 220 g/mol. The van der Waals surface area contributed by atoms with Crippen molar-refractivity contribution in [2.24, 2.45) is 11.3 Å². The number of urea groups is 1. The SMILES string of the molecule is C=CCC1([C@@H](C)/C=C\C)C(=O)NC(=O)NC1=O. The van der Waals surface area contributed by atoms with Gasteiger partial charge in [-0.15, -0.1) is 6.58 Å². The molecule has 2 N–H and O–H groups in total. The Labute approximate surface area is 100.0 Å². The highest BCUT2D eigenvalue weighted by atomic mass is 16.2. The van der Waals surface area contributed by atoms with Crippen molar-refractivity contribution in [1.82, 2.24) is 10.6 Å². The third kappa shape index (κ3) is 2.13. The van der Waals surface area contributed by atoms with Gasteiger partial charge in [-0.2, -0.15) is 0 Å². The van der Waals surface area contributed by atoms with E-state index in [0.29, 0.717) is 0 Å². The summed E-state index contributed by atoms with van der Waals surface area (Å²) < 4.78 is 0. The first-order chi connectivity index (χ1) is 7.98. The number of imide groups is 2. The predicted molar refractivity (Wildman–Crippen MR) is 62.9 cm³/mol. The number of carbonyl (C=O) groups excluding carboxylic acids is 3. The van der Waals surface area contributed by atoms with Gasteiger partial charge in [0.1, 0.15) is 5.41 Å². The largest absolute Gasteiger partial charge is 0.328 e. The van der Waals surface area contributed by atoms with Gasteiger partial charge in [-0.25, -0.2) is 4.79 Å². The minimum absolute atomic E-state index is 0.184. The zero-order valence-corrected chi connectivity index (χ0v) is 9.95. The number of hydrogen-bond acceptors (Lipinski definition) is 3. The van der Waals surface area contributed by atoms with E-state index in [1.807, 2.05) is 6.92 Å². The van der Waals surface area contributed by atoms with Gasteiger partial charge in [0.05, 0.1) is 0 Å². The third-order valence-corrected chi connectivity index (χ3v) is 2.99. The molecule has 1 fully saturated rings. The molecule has 5 heteroatoms. The van der Waals surface area contributed by atoms with Gasteiger partial charge >= 0.3 is 6.03 Å². The third-order valence-electron chi connectivity index (χ3n) is 2.99. The molecule has 0 aromatic heterocycles. The van der Waals surface area contributed by atoms with E-state index in [4.69, 9.17) is 0 Å². The summed E-state index contributed by atoms with van der Waals surface area (Å²) in [5.41, 5.74) is -1.29. The van der Waals surface area contributed by atoms with Gasteiger partial charge in [-0.3, -0.25) is 20.2 Å². The summed E-state index contributed by atoms with van der Waals surface area (Å²) in [6, 6.07) is -0.771. The highest BCUT2D eigenvalue weighted by molar-refractivity contribution is 6.19. The van der Waals surface area contributed by atoms with Crippen molar-refractivity contribution in [3.8, 4) is 0 Å². The molecule has 0 saturated carbocycles. The zero-order valence-electron chi connectivity index (χ0n) is 9.95.